The van der Waals surface area contributed by atoms with Gasteiger partial charge in [0.1, 0.15) is 18.9 Å². The number of allylic oxidation sites excluding steroid dienone is 1. The lowest BCUT2D eigenvalue weighted by Gasteiger charge is -2.28. The van der Waals surface area contributed by atoms with Crippen molar-refractivity contribution >= 4 is 29.1 Å². The number of rotatable bonds is 9. The third kappa shape index (κ3) is 6.76. The number of amides is 1. The number of nitrogens with zero attached hydrogens (tertiary/aromatic N) is 6. The molecule has 37 heavy (non-hydrogen) atoms. The average Bonchev–Trinajstić information content (AvgIpc) is 2.89. The van der Waals surface area contributed by atoms with Gasteiger partial charge in [-0.1, -0.05) is 12.1 Å². The molecule has 12 heteroatoms. The minimum Gasteiger partial charge on any atom is -0.474 e. The van der Waals surface area contributed by atoms with Crippen LogP contribution in [0.15, 0.2) is 65.9 Å². The molecular formula is C25H29N9O3. The number of hydrogen-bond donors (Lipinski definition) is 3. The Bertz CT molecular complexity index is 1260. The van der Waals surface area contributed by atoms with Crippen LogP contribution in [0.25, 0.3) is 11.1 Å². The second kappa shape index (κ2) is 11.9. The largest absolute Gasteiger partial charge is 0.474 e. The zero-order valence-corrected chi connectivity index (χ0v) is 20.9. The summed E-state index contributed by atoms with van der Waals surface area (Å²) in [6.45, 7) is 3.48. The topological polar surface area (TPSA) is 141 Å². The van der Waals surface area contributed by atoms with Crippen molar-refractivity contribution in [2.24, 2.45) is 5.11 Å². The van der Waals surface area contributed by atoms with E-state index in [4.69, 9.17) is 15.0 Å². The van der Waals surface area contributed by atoms with Gasteiger partial charge in [0.2, 0.25) is 11.8 Å². The fourth-order valence-electron chi connectivity index (χ4n) is 3.52. The third-order valence-corrected chi connectivity index (χ3v) is 5.39. The summed E-state index contributed by atoms with van der Waals surface area (Å²) in [7, 11) is 3.84. The molecule has 12 nitrogen and oxygen atoms in total. The van der Waals surface area contributed by atoms with E-state index in [0.717, 1.165) is 22.5 Å². The molecule has 0 atom stereocenters. The van der Waals surface area contributed by atoms with Crippen LogP contribution >= 0.6 is 0 Å². The molecule has 0 aliphatic carbocycles. The molecule has 2 aromatic heterocycles. The van der Waals surface area contributed by atoms with Crippen molar-refractivity contribution in [1.82, 2.24) is 19.9 Å². The molecule has 1 aromatic carbocycles. The molecule has 1 aliphatic heterocycles. The fourth-order valence-corrected chi connectivity index (χ4v) is 3.52. The van der Waals surface area contributed by atoms with E-state index in [0.29, 0.717) is 49.5 Å². The quantitative estimate of drug-likeness (QED) is 0.360. The number of pyridine rings is 1. The standard InChI is InChI=1S/C25H29N9O3/c1-17(13-30-26)31-20-6-4-18(5-7-20)19-14-28-24(29-15-19)32-21-12-22-23(27-16-21)36-11-9-34(22)25(35)37-10-8-33(2)3/h4-7,12-16,26,31H,8-11H2,1-3H3,(H,28,29,32)/b17-13-,30-26?. The van der Waals surface area contributed by atoms with Crippen molar-refractivity contribution in [2.75, 3.05) is 55.9 Å². The average molecular weight is 504 g/mol. The summed E-state index contributed by atoms with van der Waals surface area (Å²) in [6, 6.07) is 9.54. The first-order valence-electron chi connectivity index (χ1n) is 11.6. The van der Waals surface area contributed by atoms with Gasteiger partial charge in [0.15, 0.2) is 0 Å². The molecule has 3 heterocycles. The SMILES string of the molecule is C/C(=C/N=N)Nc1ccc(-c2cnc(Nc3cnc4c(c3)N(C(=O)OCCN(C)C)CCO4)nc2)cc1. The van der Waals surface area contributed by atoms with Gasteiger partial charge in [0.05, 0.1) is 24.6 Å². The van der Waals surface area contributed by atoms with Crippen LogP contribution in [0.3, 0.4) is 0 Å². The Morgan fingerprint density at radius 2 is 1.92 bits per heavy atom. The maximum absolute atomic E-state index is 12.6. The number of ether oxygens (including phenoxy) is 2. The van der Waals surface area contributed by atoms with Gasteiger partial charge in [-0.3, -0.25) is 4.90 Å². The van der Waals surface area contributed by atoms with Crippen LogP contribution in [0.1, 0.15) is 6.92 Å². The molecular weight excluding hydrogens is 474 g/mol. The van der Waals surface area contributed by atoms with Gasteiger partial charge >= 0.3 is 6.09 Å². The highest BCUT2D eigenvalue weighted by Crippen LogP contribution is 2.33. The minimum absolute atomic E-state index is 0.294. The summed E-state index contributed by atoms with van der Waals surface area (Å²) in [5.74, 6) is 0.760. The molecule has 0 bridgehead atoms. The predicted molar refractivity (Wildman–Crippen MR) is 140 cm³/mol. The number of fused-ring (bicyclic) bond motifs is 1. The minimum atomic E-state index is -0.440. The summed E-state index contributed by atoms with van der Waals surface area (Å²) in [5.41, 5.74) is 11.5. The second-order valence-electron chi connectivity index (χ2n) is 8.53. The summed E-state index contributed by atoms with van der Waals surface area (Å²) >= 11 is 0. The van der Waals surface area contributed by atoms with Crippen molar-refractivity contribution in [3.8, 4) is 17.0 Å². The van der Waals surface area contributed by atoms with Crippen LogP contribution < -0.4 is 20.3 Å². The van der Waals surface area contributed by atoms with Gasteiger partial charge in [-0.2, -0.15) is 5.11 Å². The first kappa shape index (κ1) is 25.5. The van der Waals surface area contributed by atoms with Crippen molar-refractivity contribution in [2.45, 2.75) is 6.92 Å². The van der Waals surface area contributed by atoms with Gasteiger partial charge < -0.3 is 25.0 Å². The Hall–Kier alpha value is -4.58. The van der Waals surface area contributed by atoms with E-state index < -0.39 is 6.09 Å². The molecule has 0 radical (unpaired) electrons. The molecule has 3 N–H and O–H groups in total. The first-order chi connectivity index (χ1) is 17.9. The van der Waals surface area contributed by atoms with Gasteiger partial charge in [-0.15, -0.1) is 0 Å². The van der Waals surface area contributed by atoms with Crippen LogP contribution in [0, 0.1) is 5.53 Å². The predicted octanol–water partition coefficient (Wildman–Crippen LogP) is 4.48. The monoisotopic (exact) mass is 503 g/mol. The smallest absolute Gasteiger partial charge is 0.414 e. The highest BCUT2D eigenvalue weighted by molar-refractivity contribution is 5.90. The number of hydrogen-bond acceptors (Lipinski definition) is 11. The second-order valence-corrected chi connectivity index (χ2v) is 8.53. The highest BCUT2D eigenvalue weighted by Gasteiger charge is 2.26. The lowest BCUT2D eigenvalue weighted by atomic mass is 10.1. The summed E-state index contributed by atoms with van der Waals surface area (Å²) in [6.07, 6.45) is 6.06. The zero-order chi connectivity index (χ0) is 26.2. The van der Waals surface area contributed by atoms with Crippen LogP contribution in [-0.2, 0) is 4.74 Å². The molecule has 1 amide bonds. The third-order valence-electron chi connectivity index (χ3n) is 5.39. The molecule has 0 spiro atoms. The summed E-state index contributed by atoms with van der Waals surface area (Å²) in [4.78, 5) is 29.3. The van der Waals surface area contributed by atoms with Crippen molar-refractivity contribution in [3.05, 3.63) is 60.8 Å². The molecule has 0 saturated heterocycles. The lowest BCUT2D eigenvalue weighted by Crippen LogP contribution is -2.39. The van der Waals surface area contributed by atoms with Gasteiger partial charge in [0, 0.05) is 35.9 Å². The number of carbonyl (C=O) groups is 1. The number of carbonyl (C=O) groups excluding carboxylic acids is 1. The van der Waals surface area contributed by atoms with Crippen LogP contribution in [-0.4, -0.2) is 66.3 Å². The van der Waals surface area contributed by atoms with Crippen LogP contribution in [0.4, 0.5) is 27.8 Å². The number of aromatic nitrogens is 3. The van der Waals surface area contributed by atoms with E-state index in [1.165, 1.54) is 11.1 Å². The number of likely N-dealkylation sites (N-methyl/N-ethyl adjacent to an activating group) is 1. The van der Waals surface area contributed by atoms with Crippen molar-refractivity contribution < 1.29 is 14.3 Å². The van der Waals surface area contributed by atoms with Crippen molar-refractivity contribution in [3.63, 3.8) is 0 Å². The molecule has 192 valence electrons. The number of nitrogens with one attached hydrogen (secondary N) is 3. The Labute approximate surface area is 214 Å². The van der Waals surface area contributed by atoms with Gasteiger partial charge in [-0.05, 0) is 44.8 Å². The van der Waals surface area contributed by atoms with Crippen molar-refractivity contribution in [1.29, 1.82) is 5.53 Å². The van der Waals surface area contributed by atoms with E-state index >= 15 is 0 Å². The highest BCUT2D eigenvalue weighted by atomic mass is 16.6. The fraction of sp³-hybridized carbons (Fsp3) is 0.280. The summed E-state index contributed by atoms with van der Waals surface area (Å²) in [5, 5.41) is 9.54. The number of anilines is 4. The van der Waals surface area contributed by atoms with Gasteiger partial charge in [0.25, 0.3) is 0 Å². The number of benzene rings is 1. The maximum Gasteiger partial charge on any atom is 0.414 e. The maximum atomic E-state index is 12.6. The normalized spacial score (nSPS) is 13.0. The van der Waals surface area contributed by atoms with E-state index in [-0.39, 0.29) is 0 Å². The molecule has 0 fully saturated rings. The van der Waals surface area contributed by atoms with Gasteiger partial charge in [-0.25, -0.2) is 25.3 Å². The molecule has 1 aliphatic rings. The lowest BCUT2D eigenvalue weighted by molar-refractivity contribution is 0.140. The molecule has 3 aromatic rings. The van der Waals surface area contributed by atoms with E-state index in [1.807, 2.05) is 50.2 Å². The first-order valence-corrected chi connectivity index (χ1v) is 11.6. The Kier molecular flexibility index (Phi) is 8.21. The zero-order valence-electron chi connectivity index (χ0n) is 20.9. The Morgan fingerprint density at radius 3 is 2.62 bits per heavy atom. The molecule has 4 rings (SSSR count). The summed E-state index contributed by atoms with van der Waals surface area (Å²) < 4.78 is 11.0. The molecule has 0 unspecified atom stereocenters. The Morgan fingerprint density at radius 1 is 1.16 bits per heavy atom. The van der Waals surface area contributed by atoms with Crippen LogP contribution in [0.5, 0.6) is 5.88 Å². The van der Waals surface area contributed by atoms with E-state index in [2.05, 4.69) is 30.7 Å². The van der Waals surface area contributed by atoms with E-state index in [1.54, 1.807) is 24.7 Å². The Balaban J connectivity index is 1.42. The van der Waals surface area contributed by atoms with E-state index in [9.17, 15) is 4.79 Å². The van der Waals surface area contributed by atoms with Crippen LogP contribution in [0.2, 0.25) is 0 Å². The molecule has 0 saturated carbocycles.